The van der Waals surface area contributed by atoms with Crippen molar-refractivity contribution in [1.82, 2.24) is 19.4 Å². The van der Waals surface area contributed by atoms with Crippen molar-refractivity contribution in [3.63, 3.8) is 0 Å². The van der Waals surface area contributed by atoms with Gasteiger partial charge in [-0.05, 0) is 26.1 Å². The minimum Gasteiger partial charge on any atom is -0.385 e. The number of piperazine rings is 1. The molecule has 2 aromatic rings. The van der Waals surface area contributed by atoms with Crippen LogP contribution in [0.2, 0.25) is 0 Å². The summed E-state index contributed by atoms with van der Waals surface area (Å²) in [6, 6.07) is 8.09. The lowest BCUT2D eigenvalue weighted by molar-refractivity contribution is 0.117. The summed E-state index contributed by atoms with van der Waals surface area (Å²) >= 11 is 0. The van der Waals surface area contributed by atoms with Crippen molar-refractivity contribution in [2.45, 2.75) is 19.7 Å². The number of hydrogen-bond acceptors (Lipinski definition) is 4. The molecule has 0 amide bonds. The van der Waals surface area contributed by atoms with E-state index in [1.807, 2.05) is 18.2 Å². The van der Waals surface area contributed by atoms with Gasteiger partial charge in [0.1, 0.15) is 11.9 Å². The predicted molar refractivity (Wildman–Crippen MR) is 79.4 cm³/mol. The predicted octanol–water partition coefficient (Wildman–Crippen LogP) is 1.29. The van der Waals surface area contributed by atoms with Crippen molar-refractivity contribution in [1.29, 1.82) is 0 Å². The molecular formula is C15H22N4O. The van der Waals surface area contributed by atoms with E-state index in [-0.39, 0.29) is 0 Å². The maximum Gasteiger partial charge on any atom is 0.139 e. The largest absolute Gasteiger partial charge is 0.385 e. The minimum atomic E-state index is -0.546. The number of imidazole rings is 1. The SMILES string of the molecule is C[C@H](O)c1nc2ccccc2n1CN1CCN(C)CC1. The molecule has 5 nitrogen and oxygen atoms in total. The number of para-hydroxylation sites is 2. The number of benzene rings is 1. The van der Waals surface area contributed by atoms with Gasteiger partial charge in [-0.25, -0.2) is 4.98 Å². The van der Waals surface area contributed by atoms with Gasteiger partial charge in [0.05, 0.1) is 17.7 Å². The van der Waals surface area contributed by atoms with Crippen molar-refractivity contribution < 1.29 is 5.11 Å². The van der Waals surface area contributed by atoms with E-state index in [2.05, 4.69) is 32.5 Å². The average molecular weight is 274 g/mol. The van der Waals surface area contributed by atoms with Crippen LogP contribution in [-0.2, 0) is 6.67 Å². The van der Waals surface area contributed by atoms with Crippen LogP contribution < -0.4 is 0 Å². The van der Waals surface area contributed by atoms with Crippen molar-refractivity contribution in [2.75, 3.05) is 33.2 Å². The van der Waals surface area contributed by atoms with Gasteiger partial charge in [-0.15, -0.1) is 0 Å². The van der Waals surface area contributed by atoms with Gasteiger partial charge in [-0.1, -0.05) is 12.1 Å². The Kier molecular flexibility index (Phi) is 3.74. The Hall–Kier alpha value is -1.43. The van der Waals surface area contributed by atoms with Crippen LogP contribution in [0.25, 0.3) is 11.0 Å². The van der Waals surface area contributed by atoms with Gasteiger partial charge in [0.25, 0.3) is 0 Å². The monoisotopic (exact) mass is 274 g/mol. The van der Waals surface area contributed by atoms with Crippen molar-refractivity contribution >= 4 is 11.0 Å². The molecule has 0 saturated carbocycles. The van der Waals surface area contributed by atoms with Crippen molar-refractivity contribution in [3.8, 4) is 0 Å². The molecule has 2 heterocycles. The van der Waals surface area contributed by atoms with Crippen molar-refractivity contribution in [2.24, 2.45) is 0 Å². The third kappa shape index (κ3) is 2.57. The molecule has 1 aromatic carbocycles. The summed E-state index contributed by atoms with van der Waals surface area (Å²) < 4.78 is 2.14. The molecule has 0 radical (unpaired) electrons. The first-order valence-corrected chi connectivity index (χ1v) is 7.19. The molecule has 5 heteroatoms. The molecule has 1 aromatic heterocycles. The summed E-state index contributed by atoms with van der Waals surface area (Å²) in [6.45, 7) is 6.88. The minimum absolute atomic E-state index is 0.546. The number of aliphatic hydroxyl groups excluding tert-OH is 1. The number of rotatable bonds is 3. The molecule has 1 aliphatic rings. The van der Waals surface area contributed by atoms with E-state index in [9.17, 15) is 5.11 Å². The van der Waals surface area contributed by atoms with Gasteiger partial charge in [-0.3, -0.25) is 4.90 Å². The molecule has 1 fully saturated rings. The Bertz CT molecular complexity index is 585. The standard InChI is InChI=1S/C15H22N4O/c1-12(20)15-16-13-5-3-4-6-14(13)19(15)11-18-9-7-17(2)8-10-18/h3-6,12,20H,7-11H2,1-2H3/t12-/m0/s1. The molecular weight excluding hydrogens is 252 g/mol. The lowest BCUT2D eigenvalue weighted by Crippen LogP contribution is -2.45. The maximum absolute atomic E-state index is 9.97. The summed E-state index contributed by atoms with van der Waals surface area (Å²) in [5, 5.41) is 9.97. The fraction of sp³-hybridized carbons (Fsp3) is 0.533. The zero-order chi connectivity index (χ0) is 14.1. The number of fused-ring (bicyclic) bond motifs is 1. The fourth-order valence-corrected chi connectivity index (χ4v) is 2.75. The van der Waals surface area contributed by atoms with E-state index < -0.39 is 6.10 Å². The highest BCUT2D eigenvalue weighted by molar-refractivity contribution is 5.75. The summed E-state index contributed by atoms with van der Waals surface area (Å²) in [7, 11) is 2.16. The zero-order valence-electron chi connectivity index (χ0n) is 12.2. The summed E-state index contributed by atoms with van der Waals surface area (Å²) in [4.78, 5) is 9.33. The smallest absolute Gasteiger partial charge is 0.139 e. The fourth-order valence-electron chi connectivity index (χ4n) is 2.75. The molecule has 20 heavy (non-hydrogen) atoms. The van der Waals surface area contributed by atoms with Gasteiger partial charge < -0.3 is 14.6 Å². The van der Waals surface area contributed by atoms with E-state index in [1.165, 1.54) is 0 Å². The van der Waals surface area contributed by atoms with Crippen LogP contribution in [0.5, 0.6) is 0 Å². The second-order valence-corrected chi connectivity index (χ2v) is 5.63. The number of nitrogens with zero attached hydrogens (tertiary/aromatic N) is 4. The first-order chi connectivity index (χ1) is 9.65. The first kappa shape index (κ1) is 13.5. The van der Waals surface area contributed by atoms with E-state index in [0.29, 0.717) is 0 Å². The molecule has 1 saturated heterocycles. The summed E-state index contributed by atoms with van der Waals surface area (Å²) in [5.74, 6) is 0.755. The van der Waals surface area contributed by atoms with E-state index in [4.69, 9.17) is 0 Å². The summed E-state index contributed by atoms with van der Waals surface area (Å²) in [5.41, 5.74) is 2.06. The number of likely N-dealkylation sites (N-methyl/N-ethyl adjacent to an activating group) is 1. The average Bonchev–Trinajstić information content (AvgIpc) is 2.81. The Labute approximate surface area is 119 Å². The molecule has 3 rings (SSSR count). The molecule has 108 valence electrons. The van der Waals surface area contributed by atoms with Gasteiger partial charge >= 0.3 is 0 Å². The molecule has 0 bridgehead atoms. The molecule has 1 aliphatic heterocycles. The van der Waals surface area contributed by atoms with Crippen LogP contribution >= 0.6 is 0 Å². The second kappa shape index (κ2) is 5.52. The van der Waals surface area contributed by atoms with Gasteiger partial charge in [-0.2, -0.15) is 0 Å². The Balaban J connectivity index is 1.91. The number of aromatic nitrogens is 2. The molecule has 1 atom stereocenters. The van der Waals surface area contributed by atoms with Crippen LogP contribution in [0.15, 0.2) is 24.3 Å². The van der Waals surface area contributed by atoms with E-state index >= 15 is 0 Å². The summed E-state index contributed by atoms with van der Waals surface area (Å²) in [6.07, 6.45) is -0.546. The van der Waals surface area contributed by atoms with Gasteiger partial charge in [0, 0.05) is 26.2 Å². The molecule has 0 aliphatic carbocycles. The molecule has 1 N–H and O–H groups in total. The second-order valence-electron chi connectivity index (χ2n) is 5.63. The van der Waals surface area contributed by atoms with Crippen LogP contribution in [-0.4, -0.2) is 57.7 Å². The van der Waals surface area contributed by atoms with E-state index in [0.717, 1.165) is 49.7 Å². The lowest BCUT2D eigenvalue weighted by Gasteiger charge is -2.33. The Morgan fingerprint density at radius 3 is 2.60 bits per heavy atom. The molecule has 0 unspecified atom stereocenters. The number of aliphatic hydroxyl groups is 1. The third-order valence-corrected chi connectivity index (χ3v) is 4.00. The highest BCUT2D eigenvalue weighted by Gasteiger charge is 2.19. The zero-order valence-corrected chi connectivity index (χ0v) is 12.2. The first-order valence-electron chi connectivity index (χ1n) is 7.19. The van der Waals surface area contributed by atoms with Crippen LogP contribution in [0.4, 0.5) is 0 Å². The Morgan fingerprint density at radius 2 is 1.90 bits per heavy atom. The highest BCUT2D eigenvalue weighted by atomic mass is 16.3. The van der Waals surface area contributed by atoms with Crippen LogP contribution in [0.3, 0.4) is 0 Å². The highest BCUT2D eigenvalue weighted by Crippen LogP contribution is 2.21. The Morgan fingerprint density at radius 1 is 1.20 bits per heavy atom. The van der Waals surface area contributed by atoms with Gasteiger partial charge in [0.2, 0.25) is 0 Å². The normalized spacial score (nSPS) is 19.6. The molecule has 0 spiro atoms. The van der Waals surface area contributed by atoms with Gasteiger partial charge in [0.15, 0.2) is 0 Å². The topological polar surface area (TPSA) is 44.5 Å². The van der Waals surface area contributed by atoms with Crippen LogP contribution in [0, 0.1) is 0 Å². The van der Waals surface area contributed by atoms with Crippen LogP contribution in [0.1, 0.15) is 18.9 Å². The maximum atomic E-state index is 9.97. The third-order valence-electron chi connectivity index (χ3n) is 4.00. The quantitative estimate of drug-likeness (QED) is 0.916. The number of hydrogen-bond donors (Lipinski definition) is 1. The lowest BCUT2D eigenvalue weighted by atomic mass is 10.3. The van der Waals surface area contributed by atoms with Crippen molar-refractivity contribution in [3.05, 3.63) is 30.1 Å². The van der Waals surface area contributed by atoms with E-state index in [1.54, 1.807) is 6.92 Å².